The molecule has 2 aromatic heterocycles. The first-order chi connectivity index (χ1) is 8.33. The van der Waals surface area contributed by atoms with E-state index in [4.69, 9.17) is 11.3 Å². The molecule has 0 spiro atoms. The second-order valence-electron chi connectivity index (χ2n) is 3.37. The van der Waals surface area contributed by atoms with Gasteiger partial charge in [0.15, 0.2) is 0 Å². The van der Waals surface area contributed by atoms with E-state index in [-0.39, 0.29) is 0 Å². The lowest BCUT2D eigenvalue weighted by Gasteiger charge is -1.95. The molecular weight excluding hydrogens is 218 g/mol. The lowest BCUT2D eigenvalue weighted by atomic mass is 10.2. The summed E-state index contributed by atoms with van der Waals surface area (Å²) in [4.78, 5) is 13.7. The zero-order chi connectivity index (χ0) is 12.1. The van der Waals surface area contributed by atoms with E-state index in [1.165, 1.54) is 6.33 Å². The molecule has 0 fully saturated rings. The number of nitrogens with zero attached hydrogens (tertiary/aromatic N) is 5. The highest BCUT2D eigenvalue weighted by Gasteiger charge is 2.05. The van der Waals surface area contributed by atoms with Crippen LogP contribution in [0.15, 0.2) is 23.7 Å². The fourth-order valence-corrected chi connectivity index (χ4v) is 1.53. The number of anilines is 1. The topological polar surface area (TPSA) is 116 Å². The van der Waals surface area contributed by atoms with Gasteiger partial charge in [-0.3, -0.25) is 0 Å². The maximum atomic E-state index is 8.12. The Bertz CT molecular complexity index is 592. The maximum Gasteiger partial charge on any atom is 0.143 e. The van der Waals surface area contributed by atoms with Crippen LogP contribution in [-0.2, 0) is 0 Å². The summed E-state index contributed by atoms with van der Waals surface area (Å²) in [6, 6.07) is 0. The zero-order valence-corrected chi connectivity index (χ0v) is 9.04. The molecule has 3 N–H and O–H groups in total. The molecule has 2 aromatic rings. The molecule has 2 rings (SSSR count). The molecule has 0 unspecified atom stereocenters. The Morgan fingerprint density at radius 1 is 1.53 bits per heavy atom. The Morgan fingerprint density at radius 2 is 2.41 bits per heavy atom. The van der Waals surface area contributed by atoms with Gasteiger partial charge in [0.2, 0.25) is 0 Å². The van der Waals surface area contributed by atoms with Crippen molar-refractivity contribution >= 4 is 22.9 Å². The van der Waals surface area contributed by atoms with Crippen LogP contribution in [0, 0.1) is 0 Å². The first-order valence-corrected chi connectivity index (χ1v) is 5.08. The van der Waals surface area contributed by atoms with Crippen molar-refractivity contribution in [2.24, 2.45) is 5.11 Å². The number of nitrogen functional groups attached to an aromatic ring is 1. The van der Waals surface area contributed by atoms with E-state index in [0.717, 1.165) is 10.9 Å². The van der Waals surface area contributed by atoms with E-state index < -0.39 is 0 Å². The summed E-state index contributed by atoms with van der Waals surface area (Å²) in [5.74, 6) is 0.450. The highest BCUT2D eigenvalue weighted by atomic mass is 15.1. The lowest BCUT2D eigenvalue weighted by Crippen LogP contribution is -1.92. The smallest absolute Gasteiger partial charge is 0.143 e. The zero-order valence-electron chi connectivity index (χ0n) is 9.04. The molecule has 0 aliphatic heterocycles. The van der Waals surface area contributed by atoms with E-state index in [9.17, 15) is 0 Å². The summed E-state index contributed by atoms with van der Waals surface area (Å²) in [5.41, 5.74) is 15.5. The van der Waals surface area contributed by atoms with E-state index in [2.05, 4.69) is 25.0 Å². The fourth-order valence-electron chi connectivity index (χ4n) is 1.53. The van der Waals surface area contributed by atoms with E-state index in [0.29, 0.717) is 24.4 Å². The molecule has 2 heterocycles. The average molecular weight is 229 g/mol. The van der Waals surface area contributed by atoms with Crippen molar-refractivity contribution < 1.29 is 0 Å². The number of hydrogen-bond donors (Lipinski definition) is 2. The van der Waals surface area contributed by atoms with Gasteiger partial charge in [-0.05, 0) is 12.0 Å². The van der Waals surface area contributed by atoms with Crippen molar-refractivity contribution in [3.05, 3.63) is 34.6 Å². The number of aromatic amines is 1. The van der Waals surface area contributed by atoms with Gasteiger partial charge >= 0.3 is 0 Å². The van der Waals surface area contributed by atoms with Gasteiger partial charge in [-0.25, -0.2) is 9.97 Å². The predicted octanol–water partition coefficient (Wildman–Crippen LogP) is 2.25. The molecule has 0 aliphatic rings. The highest BCUT2D eigenvalue weighted by molar-refractivity contribution is 5.93. The monoisotopic (exact) mass is 229 g/mol. The standard InChI is InChI=1S/C10H11N7/c11-9-8-7(3-1-2-4-16-17-12)5-13-10(8)15-6-14-9/h1,3,5-6H,2,4H2,(H3,11,13,14,15). The predicted molar refractivity (Wildman–Crippen MR) is 66.0 cm³/mol. The van der Waals surface area contributed by atoms with Crippen LogP contribution in [0.4, 0.5) is 5.82 Å². The Labute approximate surface area is 97.0 Å². The van der Waals surface area contributed by atoms with Gasteiger partial charge in [0.05, 0.1) is 5.39 Å². The molecule has 17 heavy (non-hydrogen) atoms. The van der Waals surface area contributed by atoms with Crippen molar-refractivity contribution in [3.8, 4) is 0 Å². The third-order valence-corrected chi connectivity index (χ3v) is 2.29. The quantitative estimate of drug-likeness (QED) is 0.362. The number of fused-ring (bicyclic) bond motifs is 1. The molecule has 7 nitrogen and oxygen atoms in total. The summed E-state index contributed by atoms with van der Waals surface area (Å²) in [6.07, 6.45) is 7.75. The van der Waals surface area contributed by atoms with E-state index >= 15 is 0 Å². The molecule has 0 saturated carbocycles. The first kappa shape index (κ1) is 11.0. The molecule has 0 bridgehead atoms. The van der Waals surface area contributed by atoms with Crippen LogP contribution >= 0.6 is 0 Å². The Morgan fingerprint density at radius 3 is 3.24 bits per heavy atom. The van der Waals surface area contributed by atoms with Crippen LogP contribution < -0.4 is 5.73 Å². The number of rotatable bonds is 4. The van der Waals surface area contributed by atoms with Gasteiger partial charge in [-0.1, -0.05) is 17.3 Å². The van der Waals surface area contributed by atoms with Crippen molar-refractivity contribution in [3.63, 3.8) is 0 Å². The molecule has 0 atom stereocenters. The summed E-state index contributed by atoms with van der Waals surface area (Å²) in [7, 11) is 0. The lowest BCUT2D eigenvalue weighted by molar-refractivity contribution is 0.996. The average Bonchev–Trinajstić information content (AvgIpc) is 2.74. The normalized spacial score (nSPS) is 10.8. The largest absolute Gasteiger partial charge is 0.383 e. The molecular formula is C10H11N7. The van der Waals surface area contributed by atoms with E-state index in [1.54, 1.807) is 0 Å². The molecule has 86 valence electrons. The van der Waals surface area contributed by atoms with Gasteiger partial charge in [-0.2, -0.15) is 0 Å². The van der Waals surface area contributed by atoms with Crippen molar-refractivity contribution in [1.29, 1.82) is 0 Å². The van der Waals surface area contributed by atoms with E-state index in [1.807, 2.05) is 18.3 Å². The van der Waals surface area contributed by atoms with Crippen LogP contribution in [0.5, 0.6) is 0 Å². The minimum Gasteiger partial charge on any atom is -0.383 e. The maximum absolute atomic E-state index is 8.12. The van der Waals surface area contributed by atoms with Crippen LogP contribution in [-0.4, -0.2) is 21.5 Å². The van der Waals surface area contributed by atoms with Gasteiger partial charge in [0.1, 0.15) is 17.8 Å². The molecule has 0 saturated heterocycles. The van der Waals surface area contributed by atoms with Crippen molar-refractivity contribution in [1.82, 2.24) is 15.0 Å². The second-order valence-corrected chi connectivity index (χ2v) is 3.37. The Hall–Kier alpha value is -2.53. The molecule has 0 radical (unpaired) electrons. The summed E-state index contributed by atoms with van der Waals surface area (Å²) >= 11 is 0. The number of azide groups is 1. The second kappa shape index (κ2) is 5.00. The van der Waals surface area contributed by atoms with Crippen molar-refractivity contribution in [2.75, 3.05) is 12.3 Å². The number of nitrogens with one attached hydrogen (secondary N) is 1. The first-order valence-electron chi connectivity index (χ1n) is 5.08. The number of aromatic nitrogens is 3. The van der Waals surface area contributed by atoms with Crippen LogP contribution in [0.25, 0.3) is 27.6 Å². The fraction of sp³-hybridized carbons (Fsp3) is 0.200. The SMILES string of the molecule is [N-]=[N+]=NCCC=Cc1c[nH]c2ncnc(N)c12. The summed E-state index contributed by atoms with van der Waals surface area (Å²) in [5, 5.41) is 4.26. The Balaban J connectivity index is 2.21. The minimum atomic E-state index is 0.446. The number of hydrogen-bond acceptors (Lipinski definition) is 4. The van der Waals surface area contributed by atoms with Gasteiger partial charge in [0, 0.05) is 23.2 Å². The van der Waals surface area contributed by atoms with Crippen LogP contribution in [0.1, 0.15) is 12.0 Å². The van der Waals surface area contributed by atoms with Gasteiger partial charge < -0.3 is 10.7 Å². The number of H-pyrrole nitrogens is 1. The molecule has 7 heteroatoms. The highest BCUT2D eigenvalue weighted by Crippen LogP contribution is 2.21. The molecule has 0 aliphatic carbocycles. The third-order valence-electron chi connectivity index (χ3n) is 2.29. The van der Waals surface area contributed by atoms with Crippen molar-refractivity contribution in [2.45, 2.75) is 6.42 Å². The minimum absolute atomic E-state index is 0.446. The van der Waals surface area contributed by atoms with Crippen LogP contribution in [0.3, 0.4) is 0 Å². The van der Waals surface area contributed by atoms with Crippen LogP contribution in [0.2, 0.25) is 0 Å². The molecule has 0 aromatic carbocycles. The summed E-state index contributed by atoms with van der Waals surface area (Å²) in [6.45, 7) is 0.446. The Kier molecular flexibility index (Phi) is 3.23. The summed E-state index contributed by atoms with van der Waals surface area (Å²) < 4.78 is 0. The van der Waals surface area contributed by atoms with Gasteiger partial charge in [0.25, 0.3) is 0 Å². The number of nitrogens with two attached hydrogens (primary N) is 1. The molecule has 0 amide bonds. The third kappa shape index (κ3) is 2.35. The van der Waals surface area contributed by atoms with Gasteiger partial charge in [-0.15, -0.1) is 0 Å².